The minimum Gasteiger partial charge on any atom is -0.396 e. The fourth-order valence-corrected chi connectivity index (χ4v) is 2.59. The summed E-state index contributed by atoms with van der Waals surface area (Å²) in [5.74, 6) is 0. The third-order valence-corrected chi connectivity index (χ3v) is 4.12. The summed E-state index contributed by atoms with van der Waals surface area (Å²) >= 11 is 0. The van der Waals surface area contributed by atoms with E-state index in [1.165, 1.54) is 25.7 Å². The molecule has 8 heteroatoms. The maximum atomic E-state index is 10.9. The predicted molar refractivity (Wildman–Crippen MR) is 73.1 cm³/mol. The second-order valence-corrected chi connectivity index (χ2v) is 6.12. The van der Waals surface area contributed by atoms with Crippen molar-refractivity contribution in [3.63, 3.8) is 0 Å². The molecule has 112 valence electrons. The monoisotopic (exact) mass is 314 g/mol. The first kappa shape index (κ1) is 19.0. The first-order chi connectivity index (χ1) is 9.16. The molecule has 2 N–H and O–H groups in total. The molecule has 0 aliphatic carbocycles. The van der Waals surface area contributed by atoms with E-state index in [-0.39, 0.29) is 13.2 Å². The first-order valence-electron chi connectivity index (χ1n) is 6.72. The second kappa shape index (κ2) is 14.4. The SMILES string of the molecule is O=[P+](O)O[P+](=O)OCCCCCCCCCCCO. The summed E-state index contributed by atoms with van der Waals surface area (Å²) in [6.45, 7) is 0.575. The lowest BCUT2D eigenvalue weighted by Gasteiger charge is -2.00. The van der Waals surface area contributed by atoms with E-state index < -0.39 is 16.5 Å². The van der Waals surface area contributed by atoms with Gasteiger partial charge in [-0.2, -0.15) is 0 Å². The van der Waals surface area contributed by atoms with Gasteiger partial charge in [-0.1, -0.05) is 44.9 Å². The smallest absolute Gasteiger partial charge is 0.396 e. The van der Waals surface area contributed by atoms with Gasteiger partial charge in [0.1, 0.15) is 6.61 Å². The van der Waals surface area contributed by atoms with Gasteiger partial charge in [-0.05, 0) is 12.8 Å². The number of unbranched alkanes of at least 4 members (excludes halogenated alkanes) is 8. The van der Waals surface area contributed by atoms with E-state index in [0.29, 0.717) is 0 Å². The molecule has 0 fully saturated rings. The molecule has 6 nitrogen and oxygen atoms in total. The van der Waals surface area contributed by atoms with E-state index >= 15 is 0 Å². The molecular formula is C11H24O6P2+2. The van der Waals surface area contributed by atoms with Crippen LogP contribution in [0.3, 0.4) is 0 Å². The number of hydrogen-bond donors (Lipinski definition) is 2. The molecule has 19 heavy (non-hydrogen) atoms. The van der Waals surface area contributed by atoms with Gasteiger partial charge in [0.05, 0.1) is 0 Å². The van der Waals surface area contributed by atoms with E-state index in [0.717, 1.165) is 32.1 Å². The van der Waals surface area contributed by atoms with Crippen molar-refractivity contribution in [2.45, 2.75) is 57.8 Å². The van der Waals surface area contributed by atoms with Gasteiger partial charge in [0.15, 0.2) is 4.31 Å². The van der Waals surface area contributed by atoms with Gasteiger partial charge >= 0.3 is 16.5 Å². The highest BCUT2D eigenvalue weighted by molar-refractivity contribution is 7.47. The predicted octanol–water partition coefficient (Wildman–Crippen LogP) is 3.83. The molecule has 0 aliphatic rings. The molecule has 0 spiro atoms. The van der Waals surface area contributed by atoms with Crippen LogP contribution in [-0.4, -0.2) is 23.2 Å². The number of aliphatic hydroxyl groups is 1. The van der Waals surface area contributed by atoms with E-state index in [9.17, 15) is 9.13 Å². The highest BCUT2D eigenvalue weighted by Gasteiger charge is 2.36. The fraction of sp³-hybridized carbons (Fsp3) is 1.00. The summed E-state index contributed by atoms with van der Waals surface area (Å²) in [6, 6.07) is 0. The van der Waals surface area contributed by atoms with Crippen molar-refractivity contribution in [2.24, 2.45) is 0 Å². The zero-order chi connectivity index (χ0) is 14.3. The average molecular weight is 314 g/mol. The molecule has 0 saturated heterocycles. The van der Waals surface area contributed by atoms with Crippen molar-refractivity contribution in [2.75, 3.05) is 13.2 Å². The standard InChI is InChI=1S/C11H23O6P2/c12-10-8-6-4-2-1-3-5-7-9-11-16-19(15)17-18(13)14/h12H,1-11H2/q+1/p+1. The molecule has 0 rings (SSSR count). The Morgan fingerprint density at radius 3 is 1.74 bits per heavy atom. The third kappa shape index (κ3) is 16.0. The van der Waals surface area contributed by atoms with Gasteiger partial charge in [0.25, 0.3) is 0 Å². The van der Waals surface area contributed by atoms with Crippen LogP contribution in [0.25, 0.3) is 0 Å². The summed E-state index contributed by atoms with van der Waals surface area (Å²) in [5.41, 5.74) is 0. The van der Waals surface area contributed by atoms with Gasteiger partial charge in [-0.15, -0.1) is 9.42 Å². The summed E-state index contributed by atoms with van der Waals surface area (Å²) in [5, 5.41) is 8.60. The second-order valence-electron chi connectivity index (χ2n) is 4.28. The molecular weight excluding hydrogens is 290 g/mol. The highest BCUT2D eigenvalue weighted by Crippen LogP contribution is 2.36. The maximum Gasteiger partial charge on any atom is 0.747 e. The molecule has 0 aliphatic heterocycles. The van der Waals surface area contributed by atoms with Crippen LogP contribution in [0.15, 0.2) is 0 Å². The van der Waals surface area contributed by atoms with Gasteiger partial charge in [-0.25, -0.2) is 0 Å². The molecule has 0 aromatic rings. The van der Waals surface area contributed by atoms with Gasteiger partial charge < -0.3 is 5.11 Å². The van der Waals surface area contributed by atoms with Crippen LogP contribution in [0, 0.1) is 0 Å². The highest BCUT2D eigenvalue weighted by atomic mass is 31.2. The van der Waals surface area contributed by atoms with Crippen molar-refractivity contribution < 1.29 is 28.0 Å². The number of hydrogen-bond acceptors (Lipinski definition) is 5. The minimum absolute atomic E-state index is 0.287. The summed E-state index contributed by atoms with van der Waals surface area (Å²) in [4.78, 5) is 8.31. The quantitative estimate of drug-likeness (QED) is 0.374. The molecule has 0 bridgehead atoms. The molecule has 0 amide bonds. The summed E-state index contributed by atoms with van der Waals surface area (Å²) in [7, 11) is -5.31. The molecule has 0 radical (unpaired) electrons. The van der Waals surface area contributed by atoms with E-state index in [1.54, 1.807) is 0 Å². The first-order valence-corrected chi connectivity index (χ1v) is 8.94. The van der Waals surface area contributed by atoms with Crippen LogP contribution >= 0.6 is 16.5 Å². The molecule has 0 heterocycles. The van der Waals surface area contributed by atoms with Gasteiger partial charge in [0, 0.05) is 15.7 Å². The average Bonchev–Trinajstić information content (AvgIpc) is 2.35. The van der Waals surface area contributed by atoms with Crippen molar-refractivity contribution in [3.05, 3.63) is 0 Å². The Hall–Kier alpha value is 0.0400. The lowest BCUT2D eigenvalue weighted by atomic mass is 10.1. The number of aliphatic hydroxyl groups excluding tert-OH is 1. The van der Waals surface area contributed by atoms with Crippen LogP contribution < -0.4 is 0 Å². The summed E-state index contributed by atoms with van der Waals surface area (Å²) < 4.78 is 29.8. The van der Waals surface area contributed by atoms with E-state index in [1.807, 2.05) is 0 Å². The minimum atomic E-state index is -2.85. The molecule has 2 unspecified atom stereocenters. The Morgan fingerprint density at radius 1 is 0.789 bits per heavy atom. The zero-order valence-corrected chi connectivity index (χ0v) is 13.0. The lowest BCUT2D eigenvalue weighted by molar-refractivity contribution is 0.272. The zero-order valence-electron chi connectivity index (χ0n) is 11.2. The van der Waals surface area contributed by atoms with Crippen LogP contribution in [0.1, 0.15) is 57.8 Å². The lowest BCUT2D eigenvalue weighted by Crippen LogP contribution is -1.88. The van der Waals surface area contributed by atoms with Crippen molar-refractivity contribution in [1.29, 1.82) is 0 Å². The Labute approximate surface area is 116 Å². The van der Waals surface area contributed by atoms with Gasteiger partial charge in [0.2, 0.25) is 0 Å². The van der Waals surface area contributed by atoms with Crippen LogP contribution in [0.5, 0.6) is 0 Å². The largest absolute Gasteiger partial charge is 0.747 e. The van der Waals surface area contributed by atoms with E-state index in [4.69, 9.17) is 14.5 Å². The van der Waals surface area contributed by atoms with Crippen molar-refractivity contribution >= 4 is 16.5 Å². The maximum absolute atomic E-state index is 10.9. The van der Waals surface area contributed by atoms with Crippen LogP contribution in [0.4, 0.5) is 0 Å². The Bertz CT molecular complexity index is 249. The van der Waals surface area contributed by atoms with E-state index in [2.05, 4.69) is 4.31 Å². The normalized spacial score (nSPS) is 12.5. The molecule has 2 atom stereocenters. The Morgan fingerprint density at radius 2 is 1.26 bits per heavy atom. The van der Waals surface area contributed by atoms with Crippen LogP contribution in [0.2, 0.25) is 0 Å². The molecule has 0 aromatic carbocycles. The van der Waals surface area contributed by atoms with Gasteiger partial charge in [-0.3, -0.25) is 0 Å². The van der Waals surface area contributed by atoms with Crippen molar-refractivity contribution in [3.8, 4) is 0 Å². The topological polar surface area (TPSA) is 93.1 Å². The van der Waals surface area contributed by atoms with Crippen molar-refractivity contribution in [1.82, 2.24) is 0 Å². The van der Waals surface area contributed by atoms with Crippen LogP contribution in [-0.2, 0) is 18.0 Å². The Balaban J connectivity index is 3.10. The third-order valence-electron chi connectivity index (χ3n) is 2.64. The summed E-state index contributed by atoms with van der Waals surface area (Å²) in [6.07, 6.45) is 9.64. The fourth-order valence-electron chi connectivity index (χ4n) is 1.67. The Kier molecular flexibility index (Phi) is 14.5. The molecule has 0 saturated carbocycles. The molecule has 0 aromatic heterocycles. The number of rotatable bonds is 14.